The van der Waals surface area contributed by atoms with Crippen molar-refractivity contribution in [3.8, 4) is 11.8 Å². The molecule has 0 saturated carbocycles. The van der Waals surface area contributed by atoms with Gasteiger partial charge in [-0.3, -0.25) is 0 Å². The third-order valence-electron chi connectivity index (χ3n) is 2.17. The van der Waals surface area contributed by atoms with Gasteiger partial charge in [0.05, 0.1) is 11.6 Å². The maximum absolute atomic E-state index is 11.4. The van der Waals surface area contributed by atoms with Crippen molar-refractivity contribution in [3.05, 3.63) is 47.6 Å². The first-order chi connectivity index (χ1) is 9.10. The minimum Gasteiger partial charge on any atom is -0.507 e. The van der Waals surface area contributed by atoms with E-state index in [4.69, 9.17) is 21.6 Å². The summed E-state index contributed by atoms with van der Waals surface area (Å²) < 4.78 is 4.71. The largest absolute Gasteiger partial charge is 0.507 e. The van der Waals surface area contributed by atoms with E-state index >= 15 is 0 Å². The molecule has 1 rings (SSSR count). The lowest BCUT2D eigenvalue weighted by molar-refractivity contribution is -0.138. The second-order valence-electron chi connectivity index (χ2n) is 3.44. The van der Waals surface area contributed by atoms with Crippen LogP contribution < -0.4 is 0 Å². The Balaban J connectivity index is 2.99. The molecule has 0 bridgehead atoms. The van der Waals surface area contributed by atoms with E-state index in [1.54, 1.807) is 31.2 Å². The summed E-state index contributed by atoms with van der Waals surface area (Å²) in [7, 11) is 0. The summed E-state index contributed by atoms with van der Waals surface area (Å²) in [6.07, 6.45) is 2.62. The number of ether oxygens (including phenoxy) is 1. The van der Waals surface area contributed by atoms with Crippen molar-refractivity contribution in [2.45, 2.75) is 6.92 Å². The third kappa shape index (κ3) is 4.16. The van der Waals surface area contributed by atoms with Crippen LogP contribution >= 0.6 is 11.6 Å². The van der Waals surface area contributed by atoms with Crippen LogP contribution in [0.5, 0.6) is 5.75 Å². The van der Waals surface area contributed by atoms with Crippen LogP contribution in [-0.4, -0.2) is 17.7 Å². The monoisotopic (exact) mass is 277 g/mol. The van der Waals surface area contributed by atoms with Crippen molar-refractivity contribution >= 4 is 22.6 Å². The second kappa shape index (κ2) is 7.24. The van der Waals surface area contributed by atoms with Crippen molar-refractivity contribution in [2.24, 2.45) is 0 Å². The fourth-order valence-electron chi connectivity index (χ4n) is 1.28. The van der Waals surface area contributed by atoms with Gasteiger partial charge >= 0.3 is 5.97 Å². The summed E-state index contributed by atoms with van der Waals surface area (Å²) in [5.41, 5.74) is 0.261. The number of nitrogens with zero attached hydrogens (tertiary/aromatic N) is 1. The third-order valence-corrected chi connectivity index (χ3v) is 2.50. The van der Waals surface area contributed by atoms with Crippen molar-refractivity contribution in [1.82, 2.24) is 0 Å². The number of carbonyl (C=O) groups is 1. The van der Waals surface area contributed by atoms with E-state index in [1.165, 1.54) is 18.2 Å². The van der Waals surface area contributed by atoms with Crippen LogP contribution in [0.15, 0.2) is 42.0 Å². The number of halogens is 1. The van der Waals surface area contributed by atoms with Crippen LogP contribution in [0.4, 0.5) is 0 Å². The molecule has 0 atom stereocenters. The summed E-state index contributed by atoms with van der Waals surface area (Å²) in [6.45, 7) is 1.84. The Hall–Kier alpha value is -2.25. The van der Waals surface area contributed by atoms with Gasteiger partial charge in [0.2, 0.25) is 0 Å². The highest BCUT2D eigenvalue weighted by atomic mass is 35.5. The maximum Gasteiger partial charge on any atom is 0.348 e. The lowest BCUT2D eigenvalue weighted by atomic mass is 10.1. The van der Waals surface area contributed by atoms with Gasteiger partial charge in [-0.1, -0.05) is 23.7 Å². The molecule has 0 radical (unpaired) electrons. The van der Waals surface area contributed by atoms with E-state index < -0.39 is 5.97 Å². The smallest absolute Gasteiger partial charge is 0.348 e. The van der Waals surface area contributed by atoms with Gasteiger partial charge in [-0.25, -0.2) is 4.79 Å². The van der Waals surface area contributed by atoms with E-state index in [0.717, 1.165) is 0 Å². The number of allylic oxidation sites excluding steroid dienone is 2. The second-order valence-corrected chi connectivity index (χ2v) is 3.85. The van der Waals surface area contributed by atoms with Crippen molar-refractivity contribution in [2.75, 3.05) is 6.61 Å². The number of para-hydroxylation sites is 1. The molecule has 1 aromatic carbocycles. The Labute approximate surface area is 116 Å². The van der Waals surface area contributed by atoms with E-state index in [-0.39, 0.29) is 23.0 Å². The highest BCUT2D eigenvalue weighted by Gasteiger charge is 2.09. The number of rotatable bonds is 4. The number of phenolic OH excluding ortho intramolecular Hbond substituents is 1. The molecule has 0 fully saturated rings. The van der Waals surface area contributed by atoms with E-state index in [9.17, 15) is 9.90 Å². The molecular formula is C14H12ClNO3. The average Bonchev–Trinajstić information content (AvgIpc) is 2.40. The minimum atomic E-state index is -0.706. The first kappa shape index (κ1) is 14.8. The van der Waals surface area contributed by atoms with Gasteiger partial charge in [0.1, 0.15) is 17.4 Å². The Bertz CT molecular complexity index is 570. The van der Waals surface area contributed by atoms with Gasteiger partial charge in [-0.05, 0) is 31.2 Å². The van der Waals surface area contributed by atoms with Crippen LogP contribution in [0, 0.1) is 11.3 Å². The molecule has 98 valence electrons. The standard InChI is InChI=1S/C14H12ClNO3/c1-2-19-14(18)10(9-16)7-8-12(15)11-5-3-4-6-13(11)17/h3-8,17H,2H2,1H3/b10-7+,12-8+. The number of phenols is 1. The summed E-state index contributed by atoms with van der Waals surface area (Å²) in [6, 6.07) is 8.22. The molecule has 0 aliphatic heterocycles. The van der Waals surface area contributed by atoms with Gasteiger partial charge in [-0.2, -0.15) is 5.26 Å². The van der Waals surface area contributed by atoms with Crippen molar-refractivity contribution < 1.29 is 14.6 Å². The summed E-state index contributed by atoms with van der Waals surface area (Å²) in [5.74, 6) is -0.685. The minimum absolute atomic E-state index is 0.0202. The number of benzene rings is 1. The molecule has 0 amide bonds. The molecule has 0 heterocycles. The molecule has 0 aromatic heterocycles. The SMILES string of the molecule is CCOC(=O)/C(C#N)=C/C=C(/Cl)c1ccccc1O. The fraction of sp³-hybridized carbons (Fsp3) is 0.143. The lowest BCUT2D eigenvalue weighted by Gasteiger charge is -2.01. The summed E-state index contributed by atoms with van der Waals surface area (Å²) in [4.78, 5) is 11.4. The zero-order valence-electron chi connectivity index (χ0n) is 10.3. The van der Waals surface area contributed by atoms with Crippen LogP contribution in [0.2, 0.25) is 0 Å². The van der Waals surface area contributed by atoms with E-state index in [1.807, 2.05) is 0 Å². The highest BCUT2D eigenvalue weighted by molar-refractivity contribution is 6.49. The summed E-state index contributed by atoms with van der Waals surface area (Å²) in [5, 5.41) is 18.6. The number of esters is 1. The molecular weight excluding hydrogens is 266 g/mol. The maximum atomic E-state index is 11.4. The number of carbonyl (C=O) groups excluding carboxylic acids is 1. The van der Waals surface area contributed by atoms with E-state index in [2.05, 4.69) is 0 Å². The van der Waals surface area contributed by atoms with Crippen LogP contribution in [-0.2, 0) is 9.53 Å². The summed E-state index contributed by atoms with van der Waals surface area (Å²) >= 11 is 5.99. The van der Waals surface area contributed by atoms with Crippen LogP contribution in [0.3, 0.4) is 0 Å². The van der Waals surface area contributed by atoms with Crippen LogP contribution in [0.1, 0.15) is 12.5 Å². The highest BCUT2D eigenvalue weighted by Crippen LogP contribution is 2.27. The Morgan fingerprint density at radius 2 is 2.16 bits per heavy atom. The Morgan fingerprint density at radius 3 is 2.74 bits per heavy atom. The van der Waals surface area contributed by atoms with Crippen molar-refractivity contribution in [3.63, 3.8) is 0 Å². The first-order valence-corrected chi connectivity index (χ1v) is 5.91. The Kier molecular flexibility index (Phi) is 5.65. The quantitative estimate of drug-likeness (QED) is 0.397. The predicted octanol–water partition coefficient (Wildman–Crippen LogP) is 2.98. The molecule has 5 heteroatoms. The van der Waals surface area contributed by atoms with Gasteiger partial charge in [0, 0.05) is 5.56 Å². The van der Waals surface area contributed by atoms with E-state index in [0.29, 0.717) is 5.56 Å². The molecule has 1 aromatic rings. The average molecular weight is 278 g/mol. The first-order valence-electron chi connectivity index (χ1n) is 5.53. The van der Waals surface area contributed by atoms with Gasteiger partial charge in [0.15, 0.2) is 0 Å². The number of hydrogen-bond donors (Lipinski definition) is 1. The molecule has 0 aliphatic rings. The van der Waals surface area contributed by atoms with Crippen molar-refractivity contribution in [1.29, 1.82) is 5.26 Å². The van der Waals surface area contributed by atoms with Gasteiger partial charge in [0.25, 0.3) is 0 Å². The topological polar surface area (TPSA) is 70.3 Å². The molecule has 0 aliphatic carbocycles. The predicted molar refractivity (Wildman–Crippen MR) is 72.3 cm³/mol. The molecule has 1 N–H and O–H groups in total. The molecule has 0 saturated heterocycles. The fourth-order valence-corrected chi connectivity index (χ4v) is 1.50. The zero-order valence-corrected chi connectivity index (χ0v) is 11.0. The lowest BCUT2D eigenvalue weighted by Crippen LogP contribution is -2.05. The Morgan fingerprint density at radius 1 is 1.47 bits per heavy atom. The molecule has 4 nitrogen and oxygen atoms in total. The normalized spacial score (nSPS) is 11.8. The van der Waals surface area contributed by atoms with Crippen LogP contribution in [0.25, 0.3) is 5.03 Å². The molecule has 19 heavy (non-hydrogen) atoms. The zero-order chi connectivity index (χ0) is 14.3. The van der Waals surface area contributed by atoms with Gasteiger partial charge < -0.3 is 9.84 Å². The number of hydrogen-bond acceptors (Lipinski definition) is 4. The molecule has 0 spiro atoms. The van der Waals surface area contributed by atoms with Gasteiger partial charge in [-0.15, -0.1) is 0 Å². The number of nitriles is 1. The number of aromatic hydroxyl groups is 1. The molecule has 0 unspecified atom stereocenters.